The molecule has 7 heteroatoms. The highest BCUT2D eigenvalue weighted by molar-refractivity contribution is 5.94. The lowest BCUT2D eigenvalue weighted by Gasteiger charge is -2.06. The Morgan fingerprint density at radius 2 is 1.77 bits per heavy atom. The Balaban J connectivity index is 1.73. The van der Waals surface area contributed by atoms with Crippen LogP contribution in [0.5, 0.6) is 5.75 Å². The van der Waals surface area contributed by atoms with Crippen LogP contribution in [0.15, 0.2) is 30.3 Å². The number of H-pyrrole nitrogens is 1. The average molecular weight is 302 g/mol. The molecule has 0 unspecified atom stereocenters. The molecular formula is C15H18N4O3. The van der Waals surface area contributed by atoms with E-state index in [1.54, 1.807) is 6.07 Å². The molecule has 0 fully saturated rings. The van der Waals surface area contributed by atoms with Gasteiger partial charge < -0.3 is 15.7 Å². The zero-order valence-corrected chi connectivity index (χ0v) is 12.2. The molecule has 116 valence electrons. The highest BCUT2D eigenvalue weighted by Gasteiger charge is 2.09. The van der Waals surface area contributed by atoms with E-state index in [1.807, 2.05) is 6.92 Å². The number of aromatic amines is 1. The number of nitrogens with one attached hydrogen (secondary N) is 3. The highest BCUT2D eigenvalue weighted by atomic mass is 16.3. The zero-order chi connectivity index (χ0) is 15.9. The molecule has 4 N–H and O–H groups in total. The van der Waals surface area contributed by atoms with Crippen molar-refractivity contribution in [2.45, 2.75) is 13.3 Å². The topological polar surface area (TPSA) is 107 Å². The van der Waals surface area contributed by atoms with Crippen LogP contribution in [-0.2, 0) is 6.42 Å². The molecule has 0 saturated heterocycles. The summed E-state index contributed by atoms with van der Waals surface area (Å²) in [6.45, 7) is 2.57. The van der Waals surface area contributed by atoms with E-state index in [4.69, 9.17) is 5.11 Å². The number of aromatic nitrogens is 2. The summed E-state index contributed by atoms with van der Waals surface area (Å²) in [5.41, 5.74) is 1.68. The molecule has 0 saturated carbocycles. The van der Waals surface area contributed by atoms with Crippen LogP contribution in [-0.4, -0.2) is 40.2 Å². The molecule has 2 aromatic rings. The van der Waals surface area contributed by atoms with E-state index >= 15 is 0 Å². The molecule has 0 bridgehead atoms. The van der Waals surface area contributed by atoms with Crippen molar-refractivity contribution in [3.63, 3.8) is 0 Å². The van der Waals surface area contributed by atoms with Crippen LogP contribution >= 0.6 is 0 Å². The van der Waals surface area contributed by atoms with Crippen LogP contribution in [0, 0.1) is 0 Å². The number of aromatic hydroxyl groups is 1. The fourth-order valence-corrected chi connectivity index (χ4v) is 1.82. The number of benzene rings is 1. The van der Waals surface area contributed by atoms with Crippen molar-refractivity contribution in [1.29, 1.82) is 0 Å². The Morgan fingerprint density at radius 3 is 2.36 bits per heavy atom. The Labute approximate surface area is 127 Å². The molecule has 0 atom stereocenters. The van der Waals surface area contributed by atoms with Crippen molar-refractivity contribution in [2.24, 2.45) is 0 Å². The number of amides is 2. The molecule has 0 aliphatic rings. The third-order valence-electron chi connectivity index (χ3n) is 3.07. The van der Waals surface area contributed by atoms with Crippen LogP contribution in [0.25, 0.3) is 0 Å². The fraction of sp³-hybridized carbons (Fsp3) is 0.267. The predicted octanol–water partition coefficient (Wildman–Crippen LogP) is 0.837. The van der Waals surface area contributed by atoms with Crippen LogP contribution < -0.4 is 10.6 Å². The minimum Gasteiger partial charge on any atom is -0.508 e. The summed E-state index contributed by atoms with van der Waals surface area (Å²) in [6, 6.07) is 7.64. The molecule has 0 radical (unpaired) electrons. The summed E-state index contributed by atoms with van der Waals surface area (Å²) in [6.07, 6.45) is 0.781. The second-order valence-corrected chi connectivity index (χ2v) is 4.69. The smallest absolute Gasteiger partial charge is 0.271 e. The number of aryl methyl sites for hydroxylation is 1. The van der Waals surface area contributed by atoms with Gasteiger partial charge >= 0.3 is 0 Å². The summed E-state index contributed by atoms with van der Waals surface area (Å²) in [4.78, 5) is 23.6. The van der Waals surface area contributed by atoms with Crippen LogP contribution in [0.4, 0.5) is 0 Å². The van der Waals surface area contributed by atoms with E-state index in [9.17, 15) is 9.59 Å². The second kappa shape index (κ2) is 7.26. The van der Waals surface area contributed by atoms with Gasteiger partial charge in [0.05, 0.1) is 0 Å². The van der Waals surface area contributed by atoms with Gasteiger partial charge in [0, 0.05) is 24.3 Å². The van der Waals surface area contributed by atoms with Gasteiger partial charge in [-0.2, -0.15) is 5.10 Å². The molecule has 1 aromatic heterocycles. The number of carbonyl (C=O) groups is 2. The monoisotopic (exact) mass is 302 g/mol. The molecule has 7 nitrogen and oxygen atoms in total. The standard InChI is InChI=1S/C15H18N4O3/c1-2-11-9-13(19-18-11)15(22)17-8-7-16-14(21)10-3-5-12(20)6-4-10/h3-6,9,20H,2,7-8H2,1H3,(H,16,21)(H,17,22)(H,18,19). The maximum Gasteiger partial charge on any atom is 0.271 e. The summed E-state index contributed by atoms with van der Waals surface area (Å²) in [7, 11) is 0. The molecule has 2 rings (SSSR count). The van der Waals surface area contributed by atoms with Gasteiger partial charge in [-0.05, 0) is 36.8 Å². The molecule has 1 aromatic carbocycles. The van der Waals surface area contributed by atoms with Gasteiger partial charge in [-0.3, -0.25) is 14.7 Å². The van der Waals surface area contributed by atoms with E-state index in [0.717, 1.165) is 12.1 Å². The third kappa shape index (κ3) is 4.08. The number of hydrogen-bond acceptors (Lipinski definition) is 4. The van der Waals surface area contributed by atoms with Crippen LogP contribution in [0.2, 0.25) is 0 Å². The first-order valence-corrected chi connectivity index (χ1v) is 7.00. The molecule has 22 heavy (non-hydrogen) atoms. The van der Waals surface area contributed by atoms with E-state index < -0.39 is 0 Å². The van der Waals surface area contributed by atoms with E-state index in [2.05, 4.69) is 20.8 Å². The number of carbonyl (C=O) groups excluding carboxylic acids is 2. The third-order valence-corrected chi connectivity index (χ3v) is 3.07. The molecular weight excluding hydrogens is 284 g/mol. The highest BCUT2D eigenvalue weighted by Crippen LogP contribution is 2.09. The second-order valence-electron chi connectivity index (χ2n) is 4.69. The van der Waals surface area contributed by atoms with Crippen LogP contribution in [0.3, 0.4) is 0 Å². The average Bonchev–Trinajstić information content (AvgIpc) is 3.01. The van der Waals surface area contributed by atoms with E-state index in [1.165, 1.54) is 24.3 Å². The van der Waals surface area contributed by atoms with Crippen molar-refractivity contribution in [3.8, 4) is 5.75 Å². The Kier molecular flexibility index (Phi) is 5.13. The van der Waals surface area contributed by atoms with Crippen molar-refractivity contribution >= 4 is 11.8 Å². The number of nitrogens with zero attached hydrogens (tertiary/aromatic N) is 1. The van der Waals surface area contributed by atoms with Gasteiger partial charge in [-0.25, -0.2) is 0 Å². The number of hydrogen-bond donors (Lipinski definition) is 4. The van der Waals surface area contributed by atoms with E-state index in [0.29, 0.717) is 24.3 Å². The Bertz CT molecular complexity index is 649. The van der Waals surface area contributed by atoms with E-state index in [-0.39, 0.29) is 17.6 Å². The Hall–Kier alpha value is -2.83. The summed E-state index contributed by atoms with van der Waals surface area (Å²) in [5, 5.41) is 21.2. The number of phenolic OH excluding ortho intramolecular Hbond substituents is 1. The molecule has 2 amide bonds. The zero-order valence-electron chi connectivity index (χ0n) is 12.2. The van der Waals surface area contributed by atoms with Gasteiger partial charge in [-0.1, -0.05) is 6.92 Å². The molecule has 0 spiro atoms. The molecule has 0 aliphatic heterocycles. The minimum absolute atomic E-state index is 0.106. The maximum absolute atomic E-state index is 11.8. The van der Waals surface area contributed by atoms with Gasteiger partial charge in [0.1, 0.15) is 11.4 Å². The largest absolute Gasteiger partial charge is 0.508 e. The lowest BCUT2D eigenvalue weighted by atomic mass is 10.2. The summed E-state index contributed by atoms with van der Waals surface area (Å²) >= 11 is 0. The first-order valence-electron chi connectivity index (χ1n) is 7.00. The van der Waals surface area contributed by atoms with Gasteiger partial charge in [-0.15, -0.1) is 0 Å². The quantitative estimate of drug-likeness (QED) is 0.593. The lowest BCUT2D eigenvalue weighted by molar-refractivity contribution is 0.0925. The SMILES string of the molecule is CCc1cc(C(=O)NCCNC(=O)c2ccc(O)cc2)n[nH]1. The van der Waals surface area contributed by atoms with Crippen molar-refractivity contribution in [1.82, 2.24) is 20.8 Å². The van der Waals surface area contributed by atoms with Gasteiger partial charge in [0.25, 0.3) is 11.8 Å². The summed E-state index contributed by atoms with van der Waals surface area (Å²) < 4.78 is 0. The normalized spacial score (nSPS) is 10.2. The first kappa shape index (κ1) is 15.6. The molecule has 1 heterocycles. The molecule has 0 aliphatic carbocycles. The lowest BCUT2D eigenvalue weighted by Crippen LogP contribution is -2.34. The van der Waals surface area contributed by atoms with Crippen molar-refractivity contribution in [2.75, 3.05) is 13.1 Å². The van der Waals surface area contributed by atoms with Crippen molar-refractivity contribution < 1.29 is 14.7 Å². The number of phenols is 1. The van der Waals surface area contributed by atoms with Gasteiger partial charge in [0.2, 0.25) is 0 Å². The Morgan fingerprint density at radius 1 is 1.14 bits per heavy atom. The summed E-state index contributed by atoms with van der Waals surface area (Å²) in [5.74, 6) is -0.439. The number of rotatable bonds is 6. The minimum atomic E-state index is -0.283. The fourth-order valence-electron chi connectivity index (χ4n) is 1.82. The van der Waals surface area contributed by atoms with Gasteiger partial charge in [0.15, 0.2) is 0 Å². The first-order chi connectivity index (χ1) is 10.6. The van der Waals surface area contributed by atoms with Crippen LogP contribution in [0.1, 0.15) is 33.5 Å². The maximum atomic E-state index is 11.8. The predicted molar refractivity (Wildman–Crippen MR) is 80.7 cm³/mol. The van der Waals surface area contributed by atoms with Crippen molar-refractivity contribution in [3.05, 3.63) is 47.3 Å².